The minimum atomic E-state index is -0.692. The molecule has 2 aromatic rings. The molecule has 0 spiro atoms. The molecule has 0 saturated carbocycles. The van der Waals surface area contributed by atoms with Gasteiger partial charge in [-0.2, -0.15) is 0 Å². The Morgan fingerprint density at radius 3 is 2.50 bits per heavy atom. The summed E-state index contributed by atoms with van der Waals surface area (Å²) < 4.78 is 5.03. The minimum absolute atomic E-state index is 0.0340. The second kappa shape index (κ2) is 8.11. The highest BCUT2D eigenvalue weighted by molar-refractivity contribution is 6.14. The summed E-state index contributed by atoms with van der Waals surface area (Å²) in [5.41, 5.74) is 1.25. The summed E-state index contributed by atoms with van der Waals surface area (Å²) in [6.45, 7) is 1.82. The fourth-order valence-electron chi connectivity index (χ4n) is 2.41. The summed E-state index contributed by atoms with van der Waals surface area (Å²) in [6.07, 6.45) is 3.46. The van der Waals surface area contributed by atoms with Crippen LogP contribution in [0.2, 0.25) is 0 Å². The van der Waals surface area contributed by atoms with Crippen LogP contribution in [-0.4, -0.2) is 23.8 Å². The number of aromatic hydroxyl groups is 1. The first-order valence-electron chi connectivity index (χ1n) is 7.75. The molecule has 2 rings (SSSR count). The van der Waals surface area contributed by atoms with Crippen LogP contribution in [-0.2, 0) is 4.79 Å². The second-order valence-corrected chi connectivity index (χ2v) is 5.36. The first-order chi connectivity index (χ1) is 11.6. The van der Waals surface area contributed by atoms with E-state index in [4.69, 9.17) is 4.74 Å². The Morgan fingerprint density at radius 2 is 1.88 bits per heavy atom. The summed E-state index contributed by atoms with van der Waals surface area (Å²) in [5, 5.41) is 9.58. The number of ether oxygens (including phenoxy) is 1. The van der Waals surface area contributed by atoms with Gasteiger partial charge in [-0.1, -0.05) is 49.4 Å². The lowest BCUT2D eigenvalue weighted by molar-refractivity contribution is -0.116. The van der Waals surface area contributed by atoms with E-state index < -0.39 is 5.92 Å². The fraction of sp³-hybridized carbons (Fsp3) is 0.200. The number of benzene rings is 2. The van der Waals surface area contributed by atoms with Crippen LogP contribution in [0.1, 0.15) is 29.3 Å². The van der Waals surface area contributed by atoms with Crippen molar-refractivity contribution in [1.82, 2.24) is 0 Å². The Labute approximate surface area is 141 Å². The average Bonchev–Trinajstić information content (AvgIpc) is 2.62. The number of carbonyl (C=O) groups is 2. The number of Topliss-reactive ketones (excluding diaryl/α,β-unsaturated/α-hetero) is 1. The van der Waals surface area contributed by atoms with Gasteiger partial charge in [0.25, 0.3) is 0 Å². The van der Waals surface area contributed by atoms with Crippen LogP contribution in [0, 0.1) is 5.92 Å². The van der Waals surface area contributed by atoms with Crippen molar-refractivity contribution in [2.24, 2.45) is 5.92 Å². The highest BCUT2D eigenvalue weighted by atomic mass is 16.5. The van der Waals surface area contributed by atoms with Gasteiger partial charge in [0.15, 0.2) is 23.1 Å². The number of phenols is 1. The molecule has 0 bridgehead atoms. The molecule has 0 saturated heterocycles. The van der Waals surface area contributed by atoms with E-state index in [-0.39, 0.29) is 17.3 Å². The number of ketones is 2. The second-order valence-electron chi connectivity index (χ2n) is 5.36. The summed E-state index contributed by atoms with van der Waals surface area (Å²) >= 11 is 0. The van der Waals surface area contributed by atoms with Crippen LogP contribution in [0.15, 0.2) is 54.6 Å². The highest BCUT2D eigenvalue weighted by Crippen LogP contribution is 2.27. The smallest absolute Gasteiger partial charge is 0.173 e. The zero-order valence-corrected chi connectivity index (χ0v) is 13.7. The van der Waals surface area contributed by atoms with Gasteiger partial charge in [-0.3, -0.25) is 9.59 Å². The Hall–Kier alpha value is -2.88. The molecule has 0 aliphatic rings. The van der Waals surface area contributed by atoms with Gasteiger partial charge in [-0.15, -0.1) is 0 Å². The van der Waals surface area contributed by atoms with Gasteiger partial charge < -0.3 is 9.84 Å². The lowest BCUT2D eigenvalue weighted by Crippen LogP contribution is -2.22. The molecule has 0 heterocycles. The predicted molar refractivity (Wildman–Crippen MR) is 93.3 cm³/mol. The topological polar surface area (TPSA) is 63.6 Å². The zero-order chi connectivity index (χ0) is 17.5. The first kappa shape index (κ1) is 17.5. The van der Waals surface area contributed by atoms with E-state index >= 15 is 0 Å². The molecule has 2 aromatic carbocycles. The zero-order valence-electron chi connectivity index (χ0n) is 13.7. The van der Waals surface area contributed by atoms with Crippen molar-refractivity contribution < 1.29 is 19.4 Å². The van der Waals surface area contributed by atoms with E-state index in [1.807, 2.05) is 13.0 Å². The summed E-state index contributed by atoms with van der Waals surface area (Å²) in [6, 6.07) is 13.6. The molecule has 1 atom stereocenters. The van der Waals surface area contributed by atoms with Crippen molar-refractivity contribution in [3.8, 4) is 11.5 Å². The Bertz CT molecular complexity index is 747. The first-order valence-corrected chi connectivity index (χ1v) is 7.75. The lowest BCUT2D eigenvalue weighted by atomic mass is 9.91. The number of rotatable bonds is 7. The standard InChI is InChI=1S/C20H20O4/c1-3-16(20(23)15-7-5-4-6-8-15)17(21)11-9-14-10-12-18(22)19(13-14)24-2/h4-13,16,22H,3H2,1-2H3/b11-9+. The lowest BCUT2D eigenvalue weighted by Gasteiger charge is -2.10. The van der Waals surface area contributed by atoms with E-state index in [0.717, 1.165) is 0 Å². The van der Waals surface area contributed by atoms with Crippen LogP contribution in [0.3, 0.4) is 0 Å². The maximum Gasteiger partial charge on any atom is 0.173 e. The maximum atomic E-state index is 12.5. The van der Waals surface area contributed by atoms with Crippen molar-refractivity contribution in [2.45, 2.75) is 13.3 Å². The van der Waals surface area contributed by atoms with Crippen LogP contribution in [0.5, 0.6) is 11.5 Å². The maximum absolute atomic E-state index is 12.5. The molecular weight excluding hydrogens is 304 g/mol. The van der Waals surface area contributed by atoms with E-state index in [1.165, 1.54) is 19.3 Å². The molecule has 4 nitrogen and oxygen atoms in total. The summed E-state index contributed by atoms with van der Waals surface area (Å²) in [7, 11) is 1.46. The fourth-order valence-corrected chi connectivity index (χ4v) is 2.41. The third-order valence-electron chi connectivity index (χ3n) is 3.77. The molecule has 0 aromatic heterocycles. The van der Waals surface area contributed by atoms with Crippen molar-refractivity contribution in [3.05, 3.63) is 65.7 Å². The van der Waals surface area contributed by atoms with Crippen LogP contribution >= 0.6 is 0 Å². The molecule has 0 fully saturated rings. The van der Waals surface area contributed by atoms with E-state index in [0.29, 0.717) is 23.3 Å². The number of carbonyl (C=O) groups excluding carboxylic acids is 2. The third-order valence-corrected chi connectivity index (χ3v) is 3.77. The number of hydrogen-bond donors (Lipinski definition) is 1. The molecule has 4 heteroatoms. The Balaban J connectivity index is 2.16. The number of hydrogen-bond acceptors (Lipinski definition) is 4. The van der Waals surface area contributed by atoms with Crippen molar-refractivity contribution >= 4 is 17.6 Å². The van der Waals surface area contributed by atoms with Gasteiger partial charge in [0.05, 0.1) is 13.0 Å². The largest absolute Gasteiger partial charge is 0.504 e. The molecule has 1 N–H and O–H groups in total. The molecule has 24 heavy (non-hydrogen) atoms. The van der Waals surface area contributed by atoms with Gasteiger partial charge >= 0.3 is 0 Å². The Morgan fingerprint density at radius 1 is 1.17 bits per heavy atom. The van der Waals surface area contributed by atoms with Crippen LogP contribution < -0.4 is 4.74 Å². The molecular formula is C20H20O4. The van der Waals surface area contributed by atoms with E-state index in [2.05, 4.69) is 0 Å². The van der Waals surface area contributed by atoms with Gasteiger partial charge in [0.1, 0.15) is 0 Å². The normalized spacial score (nSPS) is 12.1. The summed E-state index contributed by atoms with van der Waals surface area (Å²) in [5.74, 6) is -0.735. The van der Waals surface area contributed by atoms with Crippen LogP contribution in [0.4, 0.5) is 0 Å². The quantitative estimate of drug-likeness (QED) is 0.477. The molecule has 1 unspecified atom stereocenters. The number of allylic oxidation sites excluding steroid dienone is 1. The third kappa shape index (κ3) is 4.10. The van der Waals surface area contributed by atoms with Crippen molar-refractivity contribution in [3.63, 3.8) is 0 Å². The van der Waals surface area contributed by atoms with Gasteiger partial charge in [-0.25, -0.2) is 0 Å². The van der Waals surface area contributed by atoms with Gasteiger partial charge in [-0.05, 0) is 30.2 Å². The summed E-state index contributed by atoms with van der Waals surface area (Å²) in [4.78, 5) is 24.9. The molecule has 0 aliphatic heterocycles. The minimum Gasteiger partial charge on any atom is -0.504 e. The number of phenolic OH excluding ortho intramolecular Hbond substituents is 1. The Kier molecular flexibility index (Phi) is 5.90. The molecule has 0 aliphatic carbocycles. The molecule has 124 valence electrons. The van der Waals surface area contributed by atoms with Crippen molar-refractivity contribution in [1.29, 1.82) is 0 Å². The van der Waals surface area contributed by atoms with Gasteiger partial charge in [0.2, 0.25) is 0 Å². The number of methoxy groups -OCH3 is 1. The van der Waals surface area contributed by atoms with Crippen molar-refractivity contribution in [2.75, 3.05) is 7.11 Å². The highest BCUT2D eigenvalue weighted by Gasteiger charge is 2.23. The molecule has 0 radical (unpaired) electrons. The average molecular weight is 324 g/mol. The van der Waals surface area contributed by atoms with Crippen LogP contribution in [0.25, 0.3) is 6.08 Å². The molecule has 0 amide bonds. The monoisotopic (exact) mass is 324 g/mol. The van der Waals surface area contributed by atoms with E-state index in [9.17, 15) is 14.7 Å². The van der Waals surface area contributed by atoms with E-state index in [1.54, 1.807) is 42.5 Å². The van der Waals surface area contributed by atoms with Gasteiger partial charge in [0, 0.05) is 5.56 Å². The predicted octanol–water partition coefficient (Wildman–Crippen LogP) is 3.89. The SMILES string of the molecule is CCC(C(=O)/C=C/c1ccc(O)c(OC)c1)C(=O)c1ccccc1.